The summed E-state index contributed by atoms with van der Waals surface area (Å²) >= 11 is 0. The molecule has 182 valence electrons. The van der Waals surface area contributed by atoms with Crippen molar-refractivity contribution < 1.29 is 13.2 Å². The molecule has 3 heterocycles. The highest BCUT2D eigenvalue weighted by molar-refractivity contribution is 7.90. The van der Waals surface area contributed by atoms with E-state index in [-0.39, 0.29) is 29.2 Å². The minimum atomic E-state index is -3.02. The van der Waals surface area contributed by atoms with Crippen LogP contribution in [0.4, 0.5) is 5.82 Å². The van der Waals surface area contributed by atoms with Gasteiger partial charge in [-0.15, -0.1) is 0 Å². The first-order valence-corrected chi connectivity index (χ1v) is 13.7. The summed E-state index contributed by atoms with van der Waals surface area (Å²) in [6, 6.07) is 9.80. The Kier molecular flexibility index (Phi) is 5.92. The van der Waals surface area contributed by atoms with E-state index in [4.69, 9.17) is 10.7 Å². The van der Waals surface area contributed by atoms with E-state index >= 15 is 0 Å². The second-order valence-electron chi connectivity index (χ2n) is 9.43. The maximum Gasteiger partial charge on any atom is 0.165 e. The number of aromatic nitrogens is 5. The molecule has 0 spiro atoms. The highest BCUT2D eigenvalue weighted by atomic mass is 32.2. The normalized spacial score (nSPS) is 18.7. The highest BCUT2D eigenvalue weighted by Gasteiger charge is 2.30. The maximum atomic E-state index is 12.6. The Bertz CT molecular complexity index is 1500. The average Bonchev–Trinajstić information content (AvgIpc) is 3.46. The zero-order valence-corrected chi connectivity index (χ0v) is 20.6. The second-order valence-corrected chi connectivity index (χ2v) is 11.6. The number of anilines is 1. The molecular weight excluding hydrogens is 464 g/mol. The van der Waals surface area contributed by atoms with Gasteiger partial charge in [-0.3, -0.25) is 4.79 Å². The fourth-order valence-electron chi connectivity index (χ4n) is 5.11. The first-order valence-electron chi connectivity index (χ1n) is 11.7. The number of ketones is 1. The van der Waals surface area contributed by atoms with Gasteiger partial charge < -0.3 is 5.73 Å². The van der Waals surface area contributed by atoms with Crippen LogP contribution in [-0.4, -0.2) is 50.6 Å². The summed E-state index contributed by atoms with van der Waals surface area (Å²) in [6.07, 6.45) is 9.73. The van der Waals surface area contributed by atoms with Crippen LogP contribution in [0.15, 0.2) is 48.9 Å². The van der Waals surface area contributed by atoms with Crippen LogP contribution < -0.4 is 5.73 Å². The standard InChI is InChI=1S/C25H28N6O3S/c1-16(32)22-23(18-10-8-17(9-11-18)15-35(2,33)34)29-25-21(13-28-31(25)24(22)26)19-12-27-30(14-19)20-6-4-3-5-7-20/h3-7,12-14,17-18H,8-11,15,26H2,1-2H3/t17-,18-. The lowest BCUT2D eigenvalue weighted by Gasteiger charge is -2.29. The van der Waals surface area contributed by atoms with Gasteiger partial charge in [-0.05, 0) is 50.7 Å². The van der Waals surface area contributed by atoms with Crippen LogP contribution in [0.25, 0.3) is 22.5 Å². The van der Waals surface area contributed by atoms with Gasteiger partial charge in [-0.2, -0.15) is 14.7 Å². The zero-order chi connectivity index (χ0) is 24.7. The van der Waals surface area contributed by atoms with Gasteiger partial charge in [-0.25, -0.2) is 18.1 Å². The van der Waals surface area contributed by atoms with E-state index in [1.165, 1.54) is 17.7 Å². The van der Waals surface area contributed by atoms with Gasteiger partial charge in [0.25, 0.3) is 0 Å². The molecule has 35 heavy (non-hydrogen) atoms. The molecular formula is C25H28N6O3S. The van der Waals surface area contributed by atoms with Crippen molar-refractivity contribution in [2.75, 3.05) is 17.7 Å². The minimum Gasteiger partial charge on any atom is -0.383 e. The molecule has 0 aliphatic heterocycles. The largest absolute Gasteiger partial charge is 0.383 e. The Morgan fingerprint density at radius 3 is 2.46 bits per heavy atom. The number of sulfone groups is 1. The van der Waals surface area contributed by atoms with E-state index < -0.39 is 9.84 Å². The number of para-hydroxylation sites is 1. The highest BCUT2D eigenvalue weighted by Crippen LogP contribution is 2.39. The number of hydrogen-bond acceptors (Lipinski definition) is 7. The summed E-state index contributed by atoms with van der Waals surface area (Å²) in [5, 5.41) is 8.92. The topological polar surface area (TPSA) is 125 Å². The van der Waals surface area contributed by atoms with Crippen molar-refractivity contribution >= 4 is 27.1 Å². The lowest BCUT2D eigenvalue weighted by molar-refractivity contribution is 0.101. The summed E-state index contributed by atoms with van der Waals surface area (Å²) in [5.74, 6) is 0.493. The van der Waals surface area contributed by atoms with Crippen molar-refractivity contribution in [3.63, 3.8) is 0 Å². The number of carbonyl (C=O) groups is 1. The minimum absolute atomic E-state index is 0.0341. The van der Waals surface area contributed by atoms with Crippen molar-refractivity contribution in [3.8, 4) is 16.8 Å². The van der Waals surface area contributed by atoms with E-state index in [0.717, 1.165) is 42.5 Å². The van der Waals surface area contributed by atoms with Crippen LogP contribution in [-0.2, 0) is 9.84 Å². The number of nitrogens with zero attached hydrogens (tertiary/aromatic N) is 5. The van der Waals surface area contributed by atoms with Crippen molar-refractivity contribution in [2.45, 2.75) is 38.5 Å². The number of nitrogen functional groups attached to an aromatic ring is 1. The third-order valence-corrected chi connectivity index (χ3v) is 7.83. The molecule has 2 N–H and O–H groups in total. The molecule has 1 fully saturated rings. The van der Waals surface area contributed by atoms with Gasteiger partial charge >= 0.3 is 0 Å². The quantitative estimate of drug-likeness (QED) is 0.407. The Balaban J connectivity index is 1.53. The lowest BCUT2D eigenvalue weighted by atomic mass is 9.79. The van der Waals surface area contributed by atoms with Crippen LogP contribution >= 0.6 is 0 Å². The molecule has 10 heteroatoms. The van der Waals surface area contributed by atoms with Gasteiger partial charge in [0, 0.05) is 29.5 Å². The molecule has 0 unspecified atom stereocenters. The summed E-state index contributed by atoms with van der Waals surface area (Å²) in [5.41, 5.74) is 10.7. The van der Waals surface area contributed by atoms with E-state index in [0.29, 0.717) is 16.9 Å². The number of rotatable bonds is 6. The molecule has 0 atom stereocenters. The van der Waals surface area contributed by atoms with E-state index in [1.807, 2.05) is 36.5 Å². The second kappa shape index (κ2) is 8.92. The Hall–Kier alpha value is -3.53. The maximum absolute atomic E-state index is 12.6. The van der Waals surface area contributed by atoms with Crippen molar-refractivity contribution in [1.29, 1.82) is 0 Å². The number of hydrogen-bond donors (Lipinski definition) is 1. The van der Waals surface area contributed by atoms with Crippen LogP contribution in [0.1, 0.15) is 54.6 Å². The first kappa shape index (κ1) is 23.2. The summed E-state index contributed by atoms with van der Waals surface area (Å²) in [4.78, 5) is 17.6. The Morgan fingerprint density at radius 1 is 1.09 bits per heavy atom. The smallest absolute Gasteiger partial charge is 0.165 e. The summed E-state index contributed by atoms with van der Waals surface area (Å²) < 4.78 is 26.8. The predicted octanol–water partition coefficient (Wildman–Crippen LogP) is 3.69. The van der Waals surface area contributed by atoms with Gasteiger partial charge in [0.15, 0.2) is 11.4 Å². The number of carbonyl (C=O) groups excluding carboxylic acids is 1. The molecule has 4 aromatic rings. The zero-order valence-electron chi connectivity index (χ0n) is 19.8. The SMILES string of the molecule is CC(=O)c1c(N)n2ncc(-c3cnn(-c4ccccc4)c3)c2nc1[C@H]1CC[C@H](CS(C)(=O)=O)CC1. The average molecular weight is 493 g/mol. The predicted molar refractivity (Wildman–Crippen MR) is 134 cm³/mol. The summed E-state index contributed by atoms with van der Waals surface area (Å²) in [7, 11) is -3.02. The fraction of sp³-hybridized carbons (Fsp3) is 0.360. The van der Waals surface area contributed by atoms with Crippen LogP contribution in [0, 0.1) is 5.92 Å². The third-order valence-electron chi connectivity index (χ3n) is 6.75. The lowest BCUT2D eigenvalue weighted by Crippen LogP contribution is -2.23. The molecule has 1 aliphatic rings. The monoisotopic (exact) mass is 492 g/mol. The molecule has 1 aromatic carbocycles. The number of Topliss-reactive ketones (excluding diaryl/α,β-unsaturated/α-hetero) is 1. The number of fused-ring (bicyclic) bond motifs is 1. The Labute approximate surface area is 203 Å². The van der Waals surface area contributed by atoms with Crippen LogP contribution in [0.2, 0.25) is 0 Å². The van der Waals surface area contributed by atoms with E-state index in [9.17, 15) is 13.2 Å². The molecule has 0 amide bonds. The molecule has 5 rings (SSSR count). The van der Waals surface area contributed by atoms with Gasteiger partial charge in [0.1, 0.15) is 15.7 Å². The van der Waals surface area contributed by atoms with Crippen LogP contribution in [0.3, 0.4) is 0 Å². The molecule has 0 saturated heterocycles. The molecule has 1 aliphatic carbocycles. The molecule has 3 aromatic heterocycles. The van der Waals surface area contributed by atoms with Crippen LogP contribution in [0.5, 0.6) is 0 Å². The first-order chi connectivity index (χ1) is 16.7. The van der Waals surface area contributed by atoms with Gasteiger partial charge in [0.05, 0.1) is 35.1 Å². The van der Waals surface area contributed by atoms with E-state index in [2.05, 4.69) is 10.2 Å². The van der Waals surface area contributed by atoms with Crippen molar-refractivity contribution in [1.82, 2.24) is 24.4 Å². The van der Waals surface area contributed by atoms with Gasteiger partial charge in [0.2, 0.25) is 0 Å². The van der Waals surface area contributed by atoms with Gasteiger partial charge in [-0.1, -0.05) is 18.2 Å². The molecule has 0 bridgehead atoms. The third kappa shape index (κ3) is 4.58. The Morgan fingerprint density at radius 2 is 1.80 bits per heavy atom. The van der Waals surface area contributed by atoms with Crippen molar-refractivity contribution in [3.05, 3.63) is 60.2 Å². The molecule has 0 radical (unpaired) electrons. The fourth-order valence-corrected chi connectivity index (χ4v) is 6.30. The number of nitrogens with two attached hydrogens (primary N) is 1. The van der Waals surface area contributed by atoms with Crippen molar-refractivity contribution in [2.24, 2.45) is 5.92 Å². The van der Waals surface area contributed by atoms with E-state index in [1.54, 1.807) is 17.1 Å². The molecule has 9 nitrogen and oxygen atoms in total. The molecule has 1 saturated carbocycles. The summed E-state index contributed by atoms with van der Waals surface area (Å²) in [6.45, 7) is 1.49. The number of benzene rings is 1.